The van der Waals surface area contributed by atoms with E-state index in [-0.39, 0.29) is 0 Å². The maximum Gasteiger partial charge on any atom is 0.00299 e. The molecule has 1 aromatic carbocycles. The Balaban J connectivity index is -0.000000273. The van der Waals surface area contributed by atoms with Crippen LogP contribution in [0, 0.1) is 5.41 Å². The largest absolute Gasteiger partial charge is 0.303 e. The van der Waals surface area contributed by atoms with E-state index in [4.69, 9.17) is 0 Å². The third-order valence-electron chi connectivity index (χ3n) is 2.35. The molecular formula is C21H43N. The first-order valence-electron chi connectivity index (χ1n) is 9.13. The van der Waals surface area contributed by atoms with Gasteiger partial charge in [0, 0.05) is 6.54 Å². The van der Waals surface area contributed by atoms with E-state index in [9.17, 15) is 0 Å². The first-order chi connectivity index (χ1) is 10.4. The molecule has 0 fully saturated rings. The van der Waals surface area contributed by atoms with Crippen LogP contribution in [-0.2, 0) is 0 Å². The Bertz CT molecular complexity index is 234. The van der Waals surface area contributed by atoms with E-state index < -0.39 is 0 Å². The Labute approximate surface area is 142 Å². The molecule has 0 amide bonds. The minimum absolute atomic E-state index is 0.450. The second kappa shape index (κ2) is 20.2. The summed E-state index contributed by atoms with van der Waals surface area (Å²) in [7, 11) is 0. The van der Waals surface area contributed by atoms with E-state index >= 15 is 0 Å². The van der Waals surface area contributed by atoms with Gasteiger partial charge in [-0.05, 0) is 24.9 Å². The smallest absolute Gasteiger partial charge is 0.00299 e. The van der Waals surface area contributed by atoms with Crippen LogP contribution in [0.4, 0.5) is 0 Å². The lowest BCUT2D eigenvalue weighted by Gasteiger charge is -2.28. The molecule has 0 saturated heterocycles. The topological polar surface area (TPSA) is 3.24 Å². The molecule has 0 atom stereocenters. The Morgan fingerprint density at radius 3 is 1.23 bits per heavy atom. The summed E-state index contributed by atoms with van der Waals surface area (Å²) in [5.41, 5.74) is 0.450. The van der Waals surface area contributed by atoms with E-state index in [0.29, 0.717) is 5.41 Å². The normalized spacial score (nSPS) is 9.55. The number of hydrogen-bond acceptors (Lipinski definition) is 1. The lowest BCUT2D eigenvalue weighted by Crippen LogP contribution is -2.33. The molecule has 0 aromatic heterocycles. The molecule has 0 heterocycles. The molecule has 0 aliphatic carbocycles. The van der Waals surface area contributed by atoms with Gasteiger partial charge in [-0.1, -0.05) is 105 Å². The van der Waals surface area contributed by atoms with Crippen LogP contribution in [-0.4, -0.2) is 24.5 Å². The number of nitrogens with zero attached hydrogens (tertiary/aromatic N) is 1. The third kappa shape index (κ3) is 27.5. The molecule has 0 spiro atoms. The fourth-order valence-electron chi connectivity index (χ4n) is 1.72. The summed E-state index contributed by atoms with van der Waals surface area (Å²) < 4.78 is 0. The average Bonchev–Trinajstić information content (AvgIpc) is 2.51. The van der Waals surface area contributed by atoms with Crippen molar-refractivity contribution in [3.05, 3.63) is 36.4 Å². The SMILES string of the molecule is CC.CCC.CCCN(CC)CC(C)(C)C.c1ccccc1. The second-order valence-corrected chi connectivity index (χ2v) is 6.29. The first-order valence-corrected chi connectivity index (χ1v) is 9.13. The quantitative estimate of drug-likeness (QED) is 0.585. The van der Waals surface area contributed by atoms with E-state index in [0.717, 1.165) is 0 Å². The van der Waals surface area contributed by atoms with Gasteiger partial charge in [-0.25, -0.2) is 0 Å². The van der Waals surface area contributed by atoms with E-state index in [1.54, 1.807) is 0 Å². The summed E-state index contributed by atoms with van der Waals surface area (Å²) >= 11 is 0. The Kier molecular flexibility index (Phi) is 23.9. The van der Waals surface area contributed by atoms with Gasteiger partial charge in [0.1, 0.15) is 0 Å². The van der Waals surface area contributed by atoms with Gasteiger partial charge in [-0.15, -0.1) is 0 Å². The first kappa shape index (κ1) is 26.1. The minimum atomic E-state index is 0.450. The van der Waals surface area contributed by atoms with Crippen LogP contribution in [0.3, 0.4) is 0 Å². The van der Waals surface area contributed by atoms with E-state index in [1.807, 2.05) is 50.2 Å². The van der Waals surface area contributed by atoms with Crippen molar-refractivity contribution in [2.24, 2.45) is 5.41 Å². The highest BCUT2D eigenvalue weighted by Crippen LogP contribution is 2.14. The molecule has 0 aliphatic rings. The van der Waals surface area contributed by atoms with Crippen molar-refractivity contribution in [2.45, 2.75) is 75.2 Å². The monoisotopic (exact) mass is 309 g/mol. The van der Waals surface area contributed by atoms with Gasteiger partial charge in [0.2, 0.25) is 0 Å². The minimum Gasteiger partial charge on any atom is -0.303 e. The number of rotatable bonds is 4. The van der Waals surface area contributed by atoms with Crippen LogP contribution in [0.1, 0.15) is 75.2 Å². The van der Waals surface area contributed by atoms with Crippen LogP contribution in [0.2, 0.25) is 0 Å². The van der Waals surface area contributed by atoms with Gasteiger partial charge in [-0.2, -0.15) is 0 Å². The fourth-order valence-corrected chi connectivity index (χ4v) is 1.72. The van der Waals surface area contributed by atoms with Gasteiger partial charge in [0.05, 0.1) is 0 Å². The van der Waals surface area contributed by atoms with E-state index in [1.165, 1.54) is 32.5 Å². The zero-order chi connectivity index (χ0) is 17.9. The maximum atomic E-state index is 2.51. The summed E-state index contributed by atoms with van der Waals surface area (Å²) in [6.07, 6.45) is 2.52. The van der Waals surface area contributed by atoms with Crippen LogP contribution < -0.4 is 0 Å². The van der Waals surface area contributed by atoms with Gasteiger partial charge >= 0.3 is 0 Å². The van der Waals surface area contributed by atoms with Crippen molar-refractivity contribution in [2.75, 3.05) is 19.6 Å². The van der Waals surface area contributed by atoms with Crippen molar-refractivity contribution < 1.29 is 0 Å². The average molecular weight is 310 g/mol. The summed E-state index contributed by atoms with van der Waals surface area (Å²) in [5, 5.41) is 0. The molecule has 0 saturated carbocycles. The van der Waals surface area contributed by atoms with Crippen molar-refractivity contribution in [1.82, 2.24) is 4.90 Å². The molecule has 22 heavy (non-hydrogen) atoms. The fraction of sp³-hybridized carbons (Fsp3) is 0.714. The third-order valence-corrected chi connectivity index (χ3v) is 2.35. The lowest BCUT2D eigenvalue weighted by atomic mass is 9.96. The van der Waals surface area contributed by atoms with Crippen molar-refractivity contribution in [3.63, 3.8) is 0 Å². The molecule has 0 aliphatic heterocycles. The highest BCUT2D eigenvalue weighted by Gasteiger charge is 2.13. The summed E-state index contributed by atoms with van der Waals surface area (Å²) in [5.74, 6) is 0. The number of benzene rings is 1. The standard InChI is InChI=1S/C10H23N.C6H6.C3H8.C2H6/c1-6-8-11(7-2)9-10(3,4)5;1-2-4-6-5-3-1;1-3-2;1-2/h6-9H2,1-5H3;1-6H;3H2,1-2H3;1-2H3. The summed E-state index contributed by atoms with van der Waals surface area (Å²) in [6.45, 7) is 23.3. The Hall–Kier alpha value is -0.820. The lowest BCUT2D eigenvalue weighted by molar-refractivity contribution is 0.199. The van der Waals surface area contributed by atoms with Crippen LogP contribution in [0.5, 0.6) is 0 Å². The predicted octanol–water partition coefficient (Wildman–Crippen LogP) is 6.89. The maximum absolute atomic E-state index is 2.51. The molecule has 0 radical (unpaired) electrons. The predicted molar refractivity (Wildman–Crippen MR) is 106 cm³/mol. The van der Waals surface area contributed by atoms with Crippen LogP contribution in [0.25, 0.3) is 0 Å². The molecule has 0 N–H and O–H groups in total. The second-order valence-electron chi connectivity index (χ2n) is 6.29. The van der Waals surface area contributed by atoms with Gasteiger partial charge < -0.3 is 4.90 Å². The van der Waals surface area contributed by atoms with Crippen LogP contribution in [0.15, 0.2) is 36.4 Å². The van der Waals surface area contributed by atoms with Gasteiger partial charge in [-0.3, -0.25) is 0 Å². The van der Waals surface area contributed by atoms with Crippen molar-refractivity contribution in [3.8, 4) is 0 Å². The molecular weight excluding hydrogens is 266 g/mol. The van der Waals surface area contributed by atoms with Gasteiger partial charge in [0.25, 0.3) is 0 Å². The van der Waals surface area contributed by atoms with Crippen molar-refractivity contribution >= 4 is 0 Å². The van der Waals surface area contributed by atoms with E-state index in [2.05, 4.69) is 53.4 Å². The summed E-state index contributed by atoms with van der Waals surface area (Å²) in [6, 6.07) is 12.0. The Morgan fingerprint density at radius 2 is 1.05 bits per heavy atom. The molecule has 1 heteroatoms. The molecule has 1 nitrogen and oxygen atoms in total. The van der Waals surface area contributed by atoms with Crippen molar-refractivity contribution in [1.29, 1.82) is 0 Å². The highest BCUT2D eigenvalue weighted by molar-refractivity contribution is 4.99. The zero-order valence-electron chi connectivity index (χ0n) is 16.9. The molecule has 0 unspecified atom stereocenters. The zero-order valence-corrected chi connectivity index (χ0v) is 16.9. The number of hydrogen-bond donors (Lipinski definition) is 0. The molecule has 1 rings (SSSR count). The molecule has 0 bridgehead atoms. The molecule has 1 aromatic rings. The summed E-state index contributed by atoms with van der Waals surface area (Å²) in [4.78, 5) is 2.51. The van der Waals surface area contributed by atoms with Crippen LogP contribution >= 0.6 is 0 Å². The van der Waals surface area contributed by atoms with Gasteiger partial charge in [0.15, 0.2) is 0 Å². The molecule has 132 valence electrons. The Morgan fingerprint density at radius 1 is 0.727 bits per heavy atom. The highest BCUT2D eigenvalue weighted by atomic mass is 15.1.